The lowest BCUT2D eigenvalue weighted by molar-refractivity contribution is 0.0743. The summed E-state index contributed by atoms with van der Waals surface area (Å²) in [6, 6.07) is 0.279. The minimum atomic E-state index is 0.0483. The molecule has 1 saturated heterocycles. The first-order valence-electron chi connectivity index (χ1n) is 5.22. The van der Waals surface area contributed by atoms with Crippen molar-refractivity contribution in [1.29, 1.82) is 0 Å². The van der Waals surface area contributed by atoms with Crippen LogP contribution in [0.3, 0.4) is 0 Å². The average molecular weight is 208 g/mol. The highest BCUT2D eigenvalue weighted by Crippen LogP contribution is 2.23. The summed E-state index contributed by atoms with van der Waals surface area (Å²) in [7, 11) is 0. The Labute approximate surface area is 88.6 Å². The molecule has 5 nitrogen and oxygen atoms in total. The second kappa shape index (κ2) is 4.02. The van der Waals surface area contributed by atoms with Crippen LogP contribution in [0.5, 0.6) is 0 Å². The van der Waals surface area contributed by atoms with Crippen LogP contribution in [-0.4, -0.2) is 40.1 Å². The highest BCUT2D eigenvalue weighted by atomic mass is 16.2. The van der Waals surface area contributed by atoms with Gasteiger partial charge < -0.3 is 10.6 Å². The van der Waals surface area contributed by atoms with Gasteiger partial charge in [0.1, 0.15) is 0 Å². The van der Waals surface area contributed by atoms with Gasteiger partial charge in [-0.1, -0.05) is 0 Å². The predicted octanol–water partition coefficient (Wildman–Crippen LogP) is 0.219. The SMILES string of the molecule is CC1CC(CN)CN1C(=O)c1cn[nH]c1. The molecule has 0 aliphatic carbocycles. The van der Waals surface area contributed by atoms with Crippen molar-refractivity contribution in [1.82, 2.24) is 15.1 Å². The molecule has 1 fully saturated rings. The third-order valence-electron chi connectivity index (χ3n) is 3.00. The smallest absolute Gasteiger partial charge is 0.257 e. The largest absolute Gasteiger partial charge is 0.336 e. The minimum absolute atomic E-state index is 0.0483. The fourth-order valence-corrected chi connectivity index (χ4v) is 2.13. The molecule has 2 heterocycles. The average Bonchev–Trinajstić information content (AvgIpc) is 2.85. The van der Waals surface area contributed by atoms with E-state index in [2.05, 4.69) is 17.1 Å². The Balaban J connectivity index is 2.09. The summed E-state index contributed by atoms with van der Waals surface area (Å²) >= 11 is 0. The molecule has 15 heavy (non-hydrogen) atoms. The maximum atomic E-state index is 12.0. The van der Waals surface area contributed by atoms with Gasteiger partial charge in [0.2, 0.25) is 0 Å². The van der Waals surface area contributed by atoms with Crippen LogP contribution in [0.25, 0.3) is 0 Å². The molecule has 3 N–H and O–H groups in total. The molecular formula is C10H16N4O. The van der Waals surface area contributed by atoms with Gasteiger partial charge in [0, 0.05) is 18.8 Å². The number of likely N-dealkylation sites (tertiary alicyclic amines) is 1. The number of nitrogens with zero attached hydrogens (tertiary/aromatic N) is 2. The molecule has 1 aliphatic heterocycles. The van der Waals surface area contributed by atoms with Crippen LogP contribution < -0.4 is 5.73 Å². The fourth-order valence-electron chi connectivity index (χ4n) is 2.13. The fraction of sp³-hybridized carbons (Fsp3) is 0.600. The number of aromatic nitrogens is 2. The van der Waals surface area contributed by atoms with E-state index < -0.39 is 0 Å². The Morgan fingerprint density at radius 1 is 1.80 bits per heavy atom. The Kier molecular flexibility index (Phi) is 2.73. The monoisotopic (exact) mass is 208 g/mol. The quantitative estimate of drug-likeness (QED) is 0.730. The highest BCUT2D eigenvalue weighted by Gasteiger charge is 2.32. The maximum absolute atomic E-state index is 12.0. The number of hydrogen-bond acceptors (Lipinski definition) is 3. The highest BCUT2D eigenvalue weighted by molar-refractivity contribution is 5.94. The molecule has 0 spiro atoms. The van der Waals surface area contributed by atoms with Crippen LogP contribution >= 0.6 is 0 Å². The van der Waals surface area contributed by atoms with Crippen molar-refractivity contribution in [2.75, 3.05) is 13.1 Å². The summed E-state index contributed by atoms with van der Waals surface area (Å²) in [5, 5.41) is 6.43. The molecule has 0 bridgehead atoms. The van der Waals surface area contributed by atoms with Gasteiger partial charge in [-0.2, -0.15) is 5.10 Å². The molecule has 2 rings (SSSR count). The first-order valence-corrected chi connectivity index (χ1v) is 5.22. The van der Waals surface area contributed by atoms with Gasteiger partial charge >= 0.3 is 0 Å². The van der Waals surface area contributed by atoms with E-state index in [0.29, 0.717) is 18.0 Å². The zero-order valence-corrected chi connectivity index (χ0v) is 8.81. The van der Waals surface area contributed by atoms with Crippen LogP contribution in [-0.2, 0) is 0 Å². The minimum Gasteiger partial charge on any atom is -0.336 e. The number of amides is 1. The molecule has 2 unspecified atom stereocenters. The van der Waals surface area contributed by atoms with E-state index >= 15 is 0 Å². The van der Waals surface area contributed by atoms with Crippen molar-refractivity contribution in [3.8, 4) is 0 Å². The molecule has 2 atom stereocenters. The molecule has 0 aromatic carbocycles. The summed E-state index contributed by atoms with van der Waals surface area (Å²) < 4.78 is 0. The lowest BCUT2D eigenvalue weighted by Crippen LogP contribution is -2.34. The van der Waals surface area contributed by atoms with Gasteiger partial charge in [0.15, 0.2) is 0 Å². The normalized spacial score (nSPS) is 25.9. The van der Waals surface area contributed by atoms with Crippen LogP contribution in [0.15, 0.2) is 12.4 Å². The summed E-state index contributed by atoms with van der Waals surface area (Å²) in [5.74, 6) is 0.489. The van der Waals surface area contributed by atoms with E-state index in [-0.39, 0.29) is 11.9 Å². The molecule has 1 amide bonds. The molecule has 1 aromatic heterocycles. The van der Waals surface area contributed by atoms with Crippen molar-refractivity contribution in [2.45, 2.75) is 19.4 Å². The van der Waals surface area contributed by atoms with E-state index in [9.17, 15) is 4.79 Å². The van der Waals surface area contributed by atoms with Crippen molar-refractivity contribution >= 4 is 5.91 Å². The van der Waals surface area contributed by atoms with Crippen LogP contribution in [0.1, 0.15) is 23.7 Å². The van der Waals surface area contributed by atoms with Crippen LogP contribution in [0.2, 0.25) is 0 Å². The number of carbonyl (C=O) groups is 1. The second-order valence-corrected chi connectivity index (χ2v) is 4.13. The van der Waals surface area contributed by atoms with E-state index in [0.717, 1.165) is 13.0 Å². The molecule has 0 radical (unpaired) electrons. The lowest BCUT2D eigenvalue weighted by atomic mass is 10.1. The molecule has 5 heteroatoms. The number of carbonyl (C=O) groups excluding carboxylic acids is 1. The second-order valence-electron chi connectivity index (χ2n) is 4.13. The number of nitrogens with two attached hydrogens (primary N) is 1. The molecule has 0 saturated carbocycles. The van der Waals surface area contributed by atoms with Gasteiger partial charge in [-0.15, -0.1) is 0 Å². The van der Waals surface area contributed by atoms with Gasteiger partial charge in [-0.3, -0.25) is 9.89 Å². The first kappa shape index (κ1) is 10.2. The summed E-state index contributed by atoms with van der Waals surface area (Å²) in [6.45, 7) is 3.48. The topological polar surface area (TPSA) is 75.0 Å². The Hall–Kier alpha value is -1.36. The standard InChI is InChI=1S/C10H16N4O/c1-7-2-8(3-11)6-14(7)10(15)9-4-12-13-5-9/h4-5,7-8H,2-3,6,11H2,1H3,(H,12,13). The van der Waals surface area contributed by atoms with E-state index in [1.165, 1.54) is 0 Å². The lowest BCUT2D eigenvalue weighted by Gasteiger charge is -2.20. The van der Waals surface area contributed by atoms with Crippen LogP contribution in [0.4, 0.5) is 0 Å². The molecule has 1 aliphatic rings. The van der Waals surface area contributed by atoms with Gasteiger partial charge in [-0.05, 0) is 25.8 Å². The molecule has 82 valence electrons. The zero-order chi connectivity index (χ0) is 10.8. The van der Waals surface area contributed by atoms with Crippen molar-refractivity contribution in [2.24, 2.45) is 11.7 Å². The van der Waals surface area contributed by atoms with Crippen LogP contribution in [0, 0.1) is 5.92 Å². The number of hydrogen-bond donors (Lipinski definition) is 2. The summed E-state index contributed by atoms with van der Waals surface area (Å²) in [4.78, 5) is 13.9. The first-order chi connectivity index (χ1) is 7.22. The van der Waals surface area contributed by atoms with Crippen molar-refractivity contribution in [3.05, 3.63) is 18.0 Å². The summed E-state index contributed by atoms with van der Waals surface area (Å²) in [5.41, 5.74) is 6.25. The summed E-state index contributed by atoms with van der Waals surface area (Å²) in [6.07, 6.45) is 4.19. The third kappa shape index (κ3) is 1.87. The third-order valence-corrected chi connectivity index (χ3v) is 3.00. The number of nitrogens with one attached hydrogen (secondary N) is 1. The molecular weight excluding hydrogens is 192 g/mol. The Morgan fingerprint density at radius 2 is 2.60 bits per heavy atom. The van der Waals surface area contributed by atoms with Gasteiger partial charge in [0.05, 0.1) is 11.8 Å². The van der Waals surface area contributed by atoms with E-state index in [1.807, 2.05) is 4.90 Å². The Morgan fingerprint density at radius 3 is 3.13 bits per heavy atom. The molecule has 1 aromatic rings. The number of rotatable bonds is 2. The van der Waals surface area contributed by atoms with Crippen molar-refractivity contribution < 1.29 is 4.79 Å². The van der Waals surface area contributed by atoms with E-state index in [4.69, 9.17) is 5.73 Å². The van der Waals surface area contributed by atoms with Crippen molar-refractivity contribution in [3.63, 3.8) is 0 Å². The zero-order valence-electron chi connectivity index (χ0n) is 8.81. The predicted molar refractivity (Wildman–Crippen MR) is 56.2 cm³/mol. The van der Waals surface area contributed by atoms with E-state index in [1.54, 1.807) is 12.4 Å². The number of aromatic amines is 1. The van der Waals surface area contributed by atoms with Gasteiger partial charge in [0.25, 0.3) is 5.91 Å². The Bertz CT molecular complexity index is 335. The van der Waals surface area contributed by atoms with Gasteiger partial charge in [-0.25, -0.2) is 0 Å². The maximum Gasteiger partial charge on any atom is 0.257 e. The number of H-pyrrole nitrogens is 1.